The van der Waals surface area contributed by atoms with Gasteiger partial charge in [0.05, 0.1) is 24.5 Å². The fourth-order valence-corrected chi connectivity index (χ4v) is 5.14. The van der Waals surface area contributed by atoms with Crippen LogP contribution in [-0.2, 0) is 17.8 Å². The van der Waals surface area contributed by atoms with Gasteiger partial charge in [0.1, 0.15) is 0 Å². The van der Waals surface area contributed by atoms with E-state index in [-0.39, 0.29) is 5.91 Å². The number of aromatic nitrogens is 2. The Labute approximate surface area is 212 Å². The Bertz CT molecular complexity index is 1080. The quantitative estimate of drug-likeness (QED) is 0.422. The number of para-hydroxylation sites is 1. The number of hydrogen-bond acceptors (Lipinski definition) is 3. The minimum Gasteiger partial charge on any atom is -0.349 e. The molecule has 0 spiro atoms. The van der Waals surface area contributed by atoms with E-state index < -0.39 is 0 Å². The van der Waals surface area contributed by atoms with Crippen molar-refractivity contribution < 1.29 is 4.79 Å². The van der Waals surface area contributed by atoms with Gasteiger partial charge in [-0.2, -0.15) is 5.10 Å². The molecule has 3 aromatic rings. The zero-order valence-corrected chi connectivity index (χ0v) is 21.3. The third-order valence-electron chi connectivity index (χ3n) is 6.23. The molecule has 180 valence electrons. The smallest absolute Gasteiger partial charge is 0.234 e. The normalized spacial score (nSPS) is 15.1. The van der Waals surface area contributed by atoms with Gasteiger partial charge in [-0.3, -0.25) is 9.69 Å². The molecule has 0 saturated carbocycles. The largest absolute Gasteiger partial charge is 0.349 e. The molecule has 1 saturated heterocycles. The summed E-state index contributed by atoms with van der Waals surface area (Å²) in [6.45, 7) is 7.00. The van der Waals surface area contributed by atoms with Crippen molar-refractivity contribution in [1.29, 1.82) is 0 Å². The summed E-state index contributed by atoms with van der Waals surface area (Å²) in [4.78, 5) is 14.9. The van der Waals surface area contributed by atoms with Gasteiger partial charge in [0, 0.05) is 15.7 Å². The molecule has 1 aliphatic rings. The Morgan fingerprint density at radius 2 is 1.74 bits per heavy atom. The summed E-state index contributed by atoms with van der Waals surface area (Å²) in [6, 6.07) is 18.0. The second-order valence-electron chi connectivity index (χ2n) is 9.50. The van der Waals surface area contributed by atoms with Gasteiger partial charge < -0.3 is 5.32 Å². The summed E-state index contributed by atoms with van der Waals surface area (Å²) in [5, 5.41) is 9.19. The molecule has 4 rings (SSSR count). The Balaban J connectivity index is 1.30. The molecule has 34 heavy (non-hydrogen) atoms. The number of nitrogens with one attached hydrogen (secondary N) is 1. The highest BCUT2D eigenvalue weighted by atomic mass is 35.5. The van der Waals surface area contributed by atoms with Gasteiger partial charge >= 0.3 is 0 Å². The number of nitrogens with zero attached hydrogens (tertiary/aromatic N) is 3. The van der Waals surface area contributed by atoms with E-state index in [1.807, 2.05) is 35.0 Å². The molecule has 5 nitrogen and oxygen atoms in total. The average molecular weight is 499 g/mol. The van der Waals surface area contributed by atoms with Gasteiger partial charge in [-0.25, -0.2) is 4.68 Å². The molecule has 1 aromatic heterocycles. The monoisotopic (exact) mass is 498 g/mol. The highest BCUT2D eigenvalue weighted by Gasteiger charge is 2.23. The second kappa shape index (κ2) is 11.4. The maximum absolute atomic E-state index is 12.6. The van der Waals surface area contributed by atoms with E-state index in [9.17, 15) is 4.79 Å². The molecular weight excluding hydrogens is 467 g/mol. The number of rotatable bonds is 8. The molecule has 0 unspecified atom stereocenters. The van der Waals surface area contributed by atoms with Gasteiger partial charge in [0.2, 0.25) is 5.91 Å². The summed E-state index contributed by atoms with van der Waals surface area (Å²) in [7, 11) is 0. The molecule has 1 amide bonds. The van der Waals surface area contributed by atoms with Gasteiger partial charge in [-0.05, 0) is 86.1 Å². The zero-order chi connectivity index (χ0) is 24.1. The maximum Gasteiger partial charge on any atom is 0.234 e. The van der Waals surface area contributed by atoms with Crippen LogP contribution in [0.5, 0.6) is 0 Å². The number of amides is 1. The van der Waals surface area contributed by atoms with Crippen LogP contribution in [0.4, 0.5) is 0 Å². The highest BCUT2D eigenvalue weighted by molar-refractivity contribution is 6.34. The average Bonchev–Trinajstić information content (AvgIpc) is 3.20. The number of benzene rings is 2. The van der Waals surface area contributed by atoms with Gasteiger partial charge in [0.15, 0.2) is 0 Å². The molecule has 0 aliphatic carbocycles. The third kappa shape index (κ3) is 6.62. The Morgan fingerprint density at radius 1 is 1.06 bits per heavy atom. The first kappa shape index (κ1) is 24.8. The van der Waals surface area contributed by atoms with E-state index in [0.29, 0.717) is 35.0 Å². The third-order valence-corrected chi connectivity index (χ3v) is 6.67. The number of piperidine rings is 1. The highest BCUT2D eigenvalue weighted by Crippen LogP contribution is 2.31. The maximum atomic E-state index is 12.6. The van der Waals surface area contributed by atoms with Crippen molar-refractivity contribution in [1.82, 2.24) is 20.0 Å². The minimum absolute atomic E-state index is 0.0314. The van der Waals surface area contributed by atoms with Gasteiger partial charge in [0.25, 0.3) is 0 Å². The van der Waals surface area contributed by atoms with Crippen molar-refractivity contribution in [2.45, 2.75) is 45.6 Å². The van der Waals surface area contributed by atoms with Gasteiger partial charge in [-0.1, -0.05) is 55.2 Å². The lowest BCUT2D eigenvalue weighted by Crippen LogP contribution is -2.41. The van der Waals surface area contributed by atoms with E-state index in [1.54, 1.807) is 6.07 Å². The van der Waals surface area contributed by atoms with Crippen molar-refractivity contribution in [3.05, 3.63) is 81.6 Å². The molecule has 0 atom stereocenters. The van der Waals surface area contributed by atoms with E-state index in [1.165, 1.54) is 5.56 Å². The number of likely N-dealkylation sites (tertiary alicyclic amines) is 1. The topological polar surface area (TPSA) is 50.2 Å². The van der Waals surface area contributed by atoms with Crippen LogP contribution in [0.3, 0.4) is 0 Å². The van der Waals surface area contributed by atoms with Crippen LogP contribution < -0.4 is 5.32 Å². The van der Waals surface area contributed by atoms with Crippen molar-refractivity contribution in [3.8, 4) is 5.69 Å². The molecule has 1 fully saturated rings. The molecule has 0 bridgehead atoms. The number of carbonyl (C=O) groups excluding carboxylic acids is 1. The summed E-state index contributed by atoms with van der Waals surface area (Å²) in [5.41, 5.74) is 4.27. The SMILES string of the molecule is CC(C)Cc1cc(CNC(=O)CN2CCC(c3cc(Cl)cc(Cl)c3)CC2)nn1-c1ccccc1. The van der Waals surface area contributed by atoms with Crippen LogP contribution in [-0.4, -0.2) is 40.2 Å². The first-order chi connectivity index (χ1) is 16.4. The van der Waals surface area contributed by atoms with Crippen LogP contribution in [0.15, 0.2) is 54.6 Å². The molecular formula is C27H32Cl2N4O. The first-order valence-corrected chi connectivity index (χ1v) is 12.7. The fourth-order valence-electron chi connectivity index (χ4n) is 4.60. The number of hydrogen-bond donors (Lipinski definition) is 1. The van der Waals surface area contributed by atoms with Crippen molar-refractivity contribution in [3.63, 3.8) is 0 Å². The molecule has 0 radical (unpaired) electrons. The fraction of sp³-hybridized carbons (Fsp3) is 0.407. The first-order valence-electron chi connectivity index (χ1n) is 12.0. The van der Waals surface area contributed by atoms with Gasteiger partial charge in [-0.15, -0.1) is 0 Å². The van der Waals surface area contributed by atoms with Crippen LogP contribution >= 0.6 is 23.2 Å². The van der Waals surface area contributed by atoms with Crippen molar-refractivity contribution in [2.24, 2.45) is 5.92 Å². The molecule has 2 aromatic carbocycles. The minimum atomic E-state index is 0.0314. The molecule has 7 heteroatoms. The molecule has 1 N–H and O–H groups in total. The van der Waals surface area contributed by atoms with Crippen molar-refractivity contribution in [2.75, 3.05) is 19.6 Å². The number of halogens is 2. The second-order valence-corrected chi connectivity index (χ2v) is 10.4. The summed E-state index contributed by atoms with van der Waals surface area (Å²) < 4.78 is 1.99. The van der Waals surface area contributed by atoms with E-state index in [0.717, 1.165) is 49.4 Å². The summed E-state index contributed by atoms with van der Waals surface area (Å²) in [5.74, 6) is 0.980. The molecule has 2 heterocycles. The van der Waals surface area contributed by atoms with E-state index >= 15 is 0 Å². The van der Waals surface area contributed by atoms with E-state index in [2.05, 4.69) is 42.3 Å². The Kier molecular flexibility index (Phi) is 8.30. The lowest BCUT2D eigenvalue weighted by atomic mass is 9.89. The van der Waals surface area contributed by atoms with Crippen LogP contribution in [0.2, 0.25) is 10.0 Å². The van der Waals surface area contributed by atoms with Crippen LogP contribution in [0.1, 0.15) is 49.6 Å². The summed E-state index contributed by atoms with van der Waals surface area (Å²) in [6.07, 6.45) is 2.91. The van der Waals surface area contributed by atoms with Crippen LogP contribution in [0, 0.1) is 5.92 Å². The summed E-state index contributed by atoms with van der Waals surface area (Å²) >= 11 is 12.3. The Hall–Kier alpha value is -2.34. The lowest BCUT2D eigenvalue weighted by molar-refractivity contribution is -0.122. The van der Waals surface area contributed by atoms with Crippen LogP contribution in [0.25, 0.3) is 5.69 Å². The van der Waals surface area contributed by atoms with E-state index in [4.69, 9.17) is 28.3 Å². The Morgan fingerprint density at radius 3 is 2.38 bits per heavy atom. The predicted molar refractivity (Wildman–Crippen MR) is 139 cm³/mol. The lowest BCUT2D eigenvalue weighted by Gasteiger charge is -2.31. The standard InChI is InChI=1S/C27H32Cl2N4O/c1-19(2)12-26-16-24(31-33(26)25-6-4-3-5-7-25)17-30-27(34)18-32-10-8-20(9-11-32)21-13-22(28)15-23(29)14-21/h3-7,13-16,19-20H,8-12,17-18H2,1-2H3,(H,30,34). The zero-order valence-electron chi connectivity index (χ0n) is 19.8. The predicted octanol–water partition coefficient (Wildman–Crippen LogP) is 5.87. The van der Waals surface area contributed by atoms with Crippen molar-refractivity contribution >= 4 is 29.1 Å². The number of carbonyl (C=O) groups is 1. The molecule has 1 aliphatic heterocycles.